The molecule has 2 nitrogen and oxygen atoms in total. The smallest absolute Gasteiger partial charge is 0.187 e. The van der Waals surface area contributed by atoms with Crippen molar-refractivity contribution in [3.63, 3.8) is 0 Å². The van der Waals surface area contributed by atoms with Gasteiger partial charge in [-0.1, -0.05) is 22.0 Å². The molecule has 0 radical (unpaired) electrons. The van der Waals surface area contributed by atoms with Crippen molar-refractivity contribution in [1.29, 1.82) is 5.26 Å². The highest BCUT2D eigenvalue weighted by Gasteiger charge is 2.27. The number of benzene rings is 2. The molecule has 0 aliphatic rings. The number of carbonyl (C=O) groups is 1. The van der Waals surface area contributed by atoms with E-state index in [1.165, 1.54) is 12.1 Å². The minimum atomic E-state index is -1.54. The fourth-order valence-electron chi connectivity index (χ4n) is 1.85. The van der Waals surface area contributed by atoms with Crippen molar-refractivity contribution in [1.82, 2.24) is 0 Å². The van der Waals surface area contributed by atoms with E-state index in [4.69, 9.17) is 5.26 Å². The summed E-state index contributed by atoms with van der Waals surface area (Å²) >= 11 is 3.05. The van der Waals surface area contributed by atoms with Crippen molar-refractivity contribution in [2.24, 2.45) is 0 Å². The molecule has 0 saturated carbocycles. The van der Waals surface area contributed by atoms with E-state index < -0.39 is 29.2 Å². The maximum absolute atomic E-state index is 13.8. The number of rotatable bonds is 3. The number of nitrogens with zero attached hydrogens (tertiary/aromatic N) is 1. The van der Waals surface area contributed by atoms with Gasteiger partial charge in [-0.25, -0.2) is 13.2 Å². The number of hydrogen-bond donors (Lipinski definition) is 0. The summed E-state index contributed by atoms with van der Waals surface area (Å²) in [4.78, 5) is 12.2. The zero-order chi connectivity index (χ0) is 15.6. The van der Waals surface area contributed by atoms with Gasteiger partial charge in [0.25, 0.3) is 0 Å². The lowest BCUT2D eigenvalue weighted by molar-refractivity contribution is 0.0973. The Labute approximate surface area is 127 Å². The first kappa shape index (κ1) is 15.3. The Morgan fingerprint density at radius 3 is 2.38 bits per heavy atom. The van der Waals surface area contributed by atoms with Gasteiger partial charge in [0.15, 0.2) is 5.78 Å². The number of Topliss-reactive ketones (excluding diaryl/α,β-unsaturated/α-hetero) is 1. The van der Waals surface area contributed by atoms with Gasteiger partial charge in [0.2, 0.25) is 0 Å². The summed E-state index contributed by atoms with van der Waals surface area (Å²) in [5, 5.41) is 9.09. The van der Waals surface area contributed by atoms with E-state index >= 15 is 0 Å². The van der Waals surface area contributed by atoms with E-state index in [-0.39, 0.29) is 11.1 Å². The highest BCUT2D eigenvalue weighted by atomic mass is 79.9. The van der Waals surface area contributed by atoms with Crippen molar-refractivity contribution < 1.29 is 18.0 Å². The van der Waals surface area contributed by atoms with Gasteiger partial charge in [0.05, 0.1) is 11.6 Å². The van der Waals surface area contributed by atoms with Gasteiger partial charge in [0.1, 0.15) is 23.4 Å². The molecule has 2 aromatic rings. The van der Waals surface area contributed by atoms with Crippen LogP contribution in [-0.2, 0) is 0 Å². The molecule has 0 heterocycles. The van der Waals surface area contributed by atoms with Crippen LogP contribution in [0.25, 0.3) is 0 Å². The summed E-state index contributed by atoms with van der Waals surface area (Å²) < 4.78 is 40.8. The van der Waals surface area contributed by atoms with Crippen LogP contribution in [0.4, 0.5) is 13.2 Å². The lowest BCUT2D eigenvalue weighted by Crippen LogP contribution is -2.14. The van der Waals surface area contributed by atoms with Crippen molar-refractivity contribution >= 4 is 21.7 Å². The van der Waals surface area contributed by atoms with Gasteiger partial charge in [-0.05, 0) is 24.3 Å². The summed E-state index contributed by atoms with van der Waals surface area (Å²) in [5.41, 5.74) is -0.611. The number of nitriles is 1. The lowest BCUT2D eigenvalue weighted by Gasteiger charge is -2.10. The lowest BCUT2D eigenvalue weighted by atomic mass is 9.91. The predicted octanol–water partition coefficient (Wildman–Crippen LogP) is 4.36. The number of carbonyl (C=O) groups excluding carboxylic acids is 1. The normalized spacial score (nSPS) is 11.8. The van der Waals surface area contributed by atoms with E-state index in [2.05, 4.69) is 15.9 Å². The molecule has 1 atom stereocenters. The zero-order valence-corrected chi connectivity index (χ0v) is 12.0. The van der Waals surface area contributed by atoms with Gasteiger partial charge in [0, 0.05) is 16.1 Å². The SMILES string of the molecule is N#CC(C(=O)c1ccc(Br)cc1F)c1ccc(F)cc1F. The number of halogens is 4. The Bertz CT molecular complexity index is 755. The molecule has 106 valence electrons. The summed E-state index contributed by atoms with van der Waals surface area (Å²) in [6, 6.07) is 7.86. The third kappa shape index (κ3) is 3.14. The van der Waals surface area contributed by atoms with Crippen LogP contribution >= 0.6 is 15.9 Å². The largest absolute Gasteiger partial charge is 0.292 e. The Kier molecular flexibility index (Phi) is 4.43. The third-order valence-corrected chi connectivity index (χ3v) is 3.35. The van der Waals surface area contributed by atoms with E-state index in [0.717, 1.165) is 18.2 Å². The second-order valence-corrected chi connectivity index (χ2v) is 5.13. The van der Waals surface area contributed by atoms with E-state index in [1.807, 2.05) is 0 Å². The van der Waals surface area contributed by atoms with Crippen LogP contribution in [0, 0.1) is 28.8 Å². The molecular weight excluding hydrogens is 347 g/mol. The summed E-state index contributed by atoms with van der Waals surface area (Å²) in [6.45, 7) is 0. The first-order chi connectivity index (χ1) is 9.93. The molecule has 0 fully saturated rings. The van der Waals surface area contributed by atoms with E-state index in [9.17, 15) is 18.0 Å². The molecule has 1 unspecified atom stereocenters. The Hall–Kier alpha value is -2.13. The fourth-order valence-corrected chi connectivity index (χ4v) is 2.18. The van der Waals surface area contributed by atoms with Crippen LogP contribution in [-0.4, -0.2) is 5.78 Å². The first-order valence-electron chi connectivity index (χ1n) is 5.78. The van der Waals surface area contributed by atoms with Crippen molar-refractivity contribution in [2.75, 3.05) is 0 Å². The van der Waals surface area contributed by atoms with E-state index in [1.54, 1.807) is 6.07 Å². The fraction of sp³-hybridized carbons (Fsp3) is 0.0667. The van der Waals surface area contributed by atoms with Gasteiger partial charge in [-0.2, -0.15) is 5.26 Å². The molecule has 0 bridgehead atoms. The number of ketones is 1. The van der Waals surface area contributed by atoms with Crippen LogP contribution in [0.2, 0.25) is 0 Å². The highest BCUT2D eigenvalue weighted by Crippen LogP contribution is 2.26. The molecule has 0 aliphatic carbocycles. The molecule has 21 heavy (non-hydrogen) atoms. The molecule has 0 saturated heterocycles. The van der Waals surface area contributed by atoms with E-state index in [0.29, 0.717) is 10.5 Å². The van der Waals surface area contributed by atoms with Crippen LogP contribution in [0.3, 0.4) is 0 Å². The number of hydrogen-bond acceptors (Lipinski definition) is 2. The monoisotopic (exact) mass is 353 g/mol. The molecule has 0 amide bonds. The van der Waals surface area contributed by atoms with Crippen molar-refractivity contribution in [2.45, 2.75) is 5.92 Å². The quantitative estimate of drug-likeness (QED) is 0.769. The zero-order valence-electron chi connectivity index (χ0n) is 10.4. The Morgan fingerprint density at radius 2 is 1.81 bits per heavy atom. The highest BCUT2D eigenvalue weighted by molar-refractivity contribution is 9.10. The van der Waals surface area contributed by atoms with Crippen molar-refractivity contribution in [3.05, 3.63) is 69.4 Å². The minimum Gasteiger partial charge on any atom is -0.292 e. The molecule has 0 spiro atoms. The molecule has 2 aromatic carbocycles. The van der Waals surface area contributed by atoms with Gasteiger partial charge in [-0.3, -0.25) is 4.79 Å². The first-order valence-corrected chi connectivity index (χ1v) is 6.57. The maximum Gasteiger partial charge on any atom is 0.187 e. The third-order valence-electron chi connectivity index (χ3n) is 2.86. The second-order valence-electron chi connectivity index (χ2n) is 4.22. The average molecular weight is 354 g/mol. The topological polar surface area (TPSA) is 40.9 Å². The summed E-state index contributed by atoms with van der Waals surface area (Å²) in [6.07, 6.45) is 0. The molecular formula is C15H7BrF3NO. The van der Waals surface area contributed by atoms with Crippen LogP contribution in [0.1, 0.15) is 21.8 Å². The molecule has 0 aromatic heterocycles. The van der Waals surface area contributed by atoms with Crippen LogP contribution in [0.5, 0.6) is 0 Å². The van der Waals surface area contributed by atoms with Crippen LogP contribution < -0.4 is 0 Å². The van der Waals surface area contributed by atoms with Gasteiger partial charge >= 0.3 is 0 Å². The Balaban J connectivity index is 2.46. The molecule has 2 rings (SSSR count). The summed E-state index contributed by atoms with van der Waals surface area (Å²) in [5.74, 6) is -5.09. The van der Waals surface area contributed by atoms with Gasteiger partial charge < -0.3 is 0 Å². The predicted molar refractivity (Wildman–Crippen MR) is 73.1 cm³/mol. The second kappa shape index (κ2) is 6.10. The summed E-state index contributed by atoms with van der Waals surface area (Å²) in [7, 11) is 0. The molecule has 0 aliphatic heterocycles. The van der Waals surface area contributed by atoms with Crippen molar-refractivity contribution in [3.8, 4) is 6.07 Å². The average Bonchev–Trinajstić information content (AvgIpc) is 2.41. The molecule has 6 heteroatoms. The minimum absolute atomic E-state index is 0.286. The maximum atomic E-state index is 13.8. The van der Waals surface area contributed by atoms with Crippen LogP contribution in [0.15, 0.2) is 40.9 Å². The Morgan fingerprint density at radius 1 is 1.10 bits per heavy atom. The standard InChI is InChI=1S/C15H7BrF3NO/c16-8-1-3-11(13(18)5-8)15(21)12(7-20)10-4-2-9(17)6-14(10)19/h1-6,12H. The molecule has 0 N–H and O–H groups in total. The van der Waals surface area contributed by atoms with Gasteiger partial charge in [-0.15, -0.1) is 0 Å².